The number of rotatable bonds is 10. The first kappa shape index (κ1) is 32.9. The summed E-state index contributed by atoms with van der Waals surface area (Å²) in [6.45, 7) is 14.9. The predicted molar refractivity (Wildman–Crippen MR) is 165 cm³/mol. The fourth-order valence-corrected chi connectivity index (χ4v) is 3.20. The average molecular weight is 603 g/mol. The third-order valence-electron chi connectivity index (χ3n) is 5.36. The lowest BCUT2D eigenvalue weighted by Gasteiger charge is -2.11. The van der Waals surface area contributed by atoms with Crippen LogP contribution in [0.5, 0.6) is 23.0 Å². The third kappa shape index (κ3) is 10.3. The summed E-state index contributed by atoms with van der Waals surface area (Å²) in [5.41, 5.74) is 1.79. The van der Waals surface area contributed by atoms with Crippen molar-refractivity contribution < 1.29 is 42.9 Å². The van der Waals surface area contributed by atoms with Gasteiger partial charge in [0.25, 0.3) is 0 Å². The molecule has 0 aliphatic heterocycles. The van der Waals surface area contributed by atoms with Gasteiger partial charge in [-0.05, 0) is 67.6 Å². The van der Waals surface area contributed by atoms with Crippen LogP contribution in [-0.2, 0) is 23.9 Å². The smallest absolute Gasteiger partial charge is 0.335 e. The Kier molecular flexibility index (Phi) is 11.8. The van der Waals surface area contributed by atoms with Gasteiger partial charge in [0.05, 0.1) is 0 Å². The van der Waals surface area contributed by atoms with Crippen LogP contribution in [0.25, 0.3) is 0 Å². The molecular weight excluding hydrogens is 576 g/mol. The molecule has 9 heteroatoms. The molecule has 0 heterocycles. The van der Waals surface area contributed by atoms with Crippen LogP contribution < -0.4 is 18.9 Å². The summed E-state index contributed by atoms with van der Waals surface area (Å²) >= 11 is 0. The van der Waals surface area contributed by atoms with E-state index in [1.165, 1.54) is 19.1 Å². The van der Waals surface area contributed by atoms with Crippen molar-refractivity contribution in [3.63, 3.8) is 0 Å². The molecule has 0 unspecified atom stereocenters. The lowest BCUT2D eigenvalue weighted by atomic mass is 10.1. The summed E-state index contributed by atoms with van der Waals surface area (Å²) in [4.78, 5) is 47.2. The maximum absolute atomic E-state index is 12.2. The van der Waals surface area contributed by atoms with Crippen molar-refractivity contribution >= 4 is 23.9 Å². The molecular formula is C36H26O9. The summed E-state index contributed by atoms with van der Waals surface area (Å²) in [5, 5.41) is 0. The minimum Gasteiger partial charge on any atom is -0.457 e. The van der Waals surface area contributed by atoms with Gasteiger partial charge >= 0.3 is 23.9 Å². The molecule has 0 saturated heterocycles. The van der Waals surface area contributed by atoms with Crippen LogP contribution in [0, 0.1) is 23.7 Å². The Morgan fingerprint density at radius 3 is 1.58 bits per heavy atom. The zero-order valence-corrected chi connectivity index (χ0v) is 24.2. The van der Waals surface area contributed by atoms with Crippen molar-refractivity contribution in [3.8, 4) is 46.7 Å². The highest BCUT2D eigenvalue weighted by Crippen LogP contribution is 2.31. The molecule has 0 radical (unpaired) electrons. The van der Waals surface area contributed by atoms with Gasteiger partial charge in [-0.25, -0.2) is 19.2 Å². The molecule has 0 fully saturated rings. The molecule has 224 valence electrons. The Morgan fingerprint density at radius 2 is 1.09 bits per heavy atom. The average Bonchev–Trinajstić information content (AvgIpc) is 3.04. The fourth-order valence-electron chi connectivity index (χ4n) is 3.20. The van der Waals surface area contributed by atoms with E-state index in [1.54, 1.807) is 48.5 Å². The quantitative estimate of drug-likeness (QED) is 0.101. The molecule has 45 heavy (non-hydrogen) atoms. The SMILES string of the molecule is C=CC(=O)Oc1ccc(C#Cc2c(OC(=O)C=C)cc(C#Cc3ccc(OCOC(=O)C(=C)C)cc3)cc2OC(=O)C=C)cc1. The lowest BCUT2D eigenvalue weighted by Crippen LogP contribution is -2.10. The molecule has 0 saturated carbocycles. The molecule has 3 aromatic carbocycles. The van der Waals surface area contributed by atoms with Crippen molar-refractivity contribution in [3.05, 3.63) is 133 Å². The van der Waals surface area contributed by atoms with Crippen LogP contribution in [0.3, 0.4) is 0 Å². The molecule has 0 atom stereocenters. The predicted octanol–water partition coefficient (Wildman–Crippen LogP) is 5.22. The molecule has 0 aromatic heterocycles. The van der Waals surface area contributed by atoms with Crippen LogP contribution in [0.4, 0.5) is 0 Å². The summed E-state index contributed by atoms with van der Waals surface area (Å²) in [5.74, 6) is 9.63. The van der Waals surface area contributed by atoms with E-state index < -0.39 is 23.9 Å². The van der Waals surface area contributed by atoms with E-state index >= 15 is 0 Å². The van der Waals surface area contributed by atoms with E-state index in [0.717, 1.165) is 18.2 Å². The van der Waals surface area contributed by atoms with Crippen LogP contribution in [0.15, 0.2) is 111 Å². The highest BCUT2D eigenvalue weighted by atomic mass is 16.7. The Balaban J connectivity index is 1.95. The molecule has 0 N–H and O–H groups in total. The zero-order chi connectivity index (χ0) is 32.8. The largest absolute Gasteiger partial charge is 0.457 e. The van der Waals surface area contributed by atoms with Gasteiger partial charge in [0.15, 0.2) is 11.5 Å². The topological polar surface area (TPSA) is 114 Å². The second-order valence-corrected chi connectivity index (χ2v) is 8.75. The fraction of sp³-hybridized carbons (Fsp3) is 0.0556. The van der Waals surface area contributed by atoms with Crippen molar-refractivity contribution in [2.24, 2.45) is 0 Å². The molecule has 0 aliphatic carbocycles. The standard InChI is InChI=1S/C36H26O9/c1-6-33(37)43-29-18-13-26(14-19-29)15-20-30-31(44-34(38)7-2)21-27(22-32(30)45-35(39)8-3)10-9-25-11-16-28(17-12-25)41-23-42-36(40)24(4)5/h6-8,11-14,16-19,21-22H,1-4,23H2,5H3. The van der Waals surface area contributed by atoms with Gasteiger partial charge < -0.3 is 23.7 Å². The van der Waals surface area contributed by atoms with Crippen molar-refractivity contribution in [1.82, 2.24) is 0 Å². The normalized spacial score (nSPS) is 9.44. The van der Waals surface area contributed by atoms with E-state index in [9.17, 15) is 19.2 Å². The minimum absolute atomic E-state index is 0.0318. The van der Waals surface area contributed by atoms with Gasteiger partial charge in [0, 0.05) is 40.5 Å². The minimum atomic E-state index is -0.776. The number of hydrogen-bond donors (Lipinski definition) is 0. The van der Waals surface area contributed by atoms with Crippen LogP contribution in [0.1, 0.15) is 29.2 Å². The first-order valence-corrected chi connectivity index (χ1v) is 13.0. The summed E-state index contributed by atoms with van der Waals surface area (Å²) in [7, 11) is 0. The number of carbonyl (C=O) groups excluding carboxylic acids is 4. The van der Waals surface area contributed by atoms with Crippen LogP contribution in [-0.4, -0.2) is 30.7 Å². The van der Waals surface area contributed by atoms with E-state index in [2.05, 4.69) is 50.0 Å². The van der Waals surface area contributed by atoms with Gasteiger partial charge in [0.1, 0.15) is 17.1 Å². The first-order chi connectivity index (χ1) is 21.6. The Labute approximate surface area is 260 Å². The van der Waals surface area contributed by atoms with Crippen molar-refractivity contribution in [2.75, 3.05) is 6.79 Å². The van der Waals surface area contributed by atoms with Gasteiger partial charge in [0.2, 0.25) is 6.79 Å². The molecule has 0 aliphatic rings. The van der Waals surface area contributed by atoms with Crippen molar-refractivity contribution in [1.29, 1.82) is 0 Å². The van der Waals surface area contributed by atoms with Crippen LogP contribution in [0.2, 0.25) is 0 Å². The molecule has 3 aromatic rings. The lowest BCUT2D eigenvalue weighted by molar-refractivity contribution is -0.145. The summed E-state index contributed by atoms with van der Waals surface area (Å²) < 4.78 is 26.2. The Hall–Kier alpha value is -6.58. The highest BCUT2D eigenvalue weighted by molar-refractivity contribution is 5.87. The second kappa shape index (κ2) is 16.2. The molecule has 9 nitrogen and oxygen atoms in total. The van der Waals surface area contributed by atoms with Gasteiger partial charge in [-0.2, -0.15) is 0 Å². The van der Waals surface area contributed by atoms with Crippen LogP contribution >= 0.6 is 0 Å². The monoisotopic (exact) mass is 602 g/mol. The number of esters is 4. The maximum Gasteiger partial charge on any atom is 0.335 e. The molecule has 0 bridgehead atoms. The molecule has 0 spiro atoms. The molecule has 3 rings (SSSR count). The summed E-state index contributed by atoms with van der Waals surface area (Å²) in [6, 6.07) is 15.9. The Morgan fingerprint density at radius 1 is 0.644 bits per heavy atom. The Bertz CT molecular complexity index is 1750. The number of ether oxygens (including phenoxy) is 5. The highest BCUT2D eigenvalue weighted by Gasteiger charge is 2.16. The van der Waals surface area contributed by atoms with Gasteiger partial charge in [-0.3, -0.25) is 0 Å². The van der Waals surface area contributed by atoms with Gasteiger partial charge in [-0.15, -0.1) is 0 Å². The van der Waals surface area contributed by atoms with Gasteiger partial charge in [-0.1, -0.05) is 50.0 Å². The number of carbonyl (C=O) groups is 4. The summed E-state index contributed by atoms with van der Waals surface area (Å²) in [6.07, 6.45) is 2.98. The number of benzene rings is 3. The molecule has 0 amide bonds. The van der Waals surface area contributed by atoms with E-state index in [4.69, 9.17) is 23.7 Å². The van der Waals surface area contributed by atoms with Crippen molar-refractivity contribution in [2.45, 2.75) is 6.92 Å². The third-order valence-corrected chi connectivity index (χ3v) is 5.36. The van der Waals surface area contributed by atoms with E-state index in [1.807, 2.05) is 0 Å². The zero-order valence-electron chi connectivity index (χ0n) is 24.2. The van der Waals surface area contributed by atoms with E-state index in [-0.39, 0.29) is 29.4 Å². The maximum atomic E-state index is 12.2. The second-order valence-electron chi connectivity index (χ2n) is 8.75. The first-order valence-electron chi connectivity index (χ1n) is 13.0. The van der Waals surface area contributed by atoms with E-state index in [0.29, 0.717) is 28.2 Å². The number of hydrogen-bond acceptors (Lipinski definition) is 9.